The number of rotatable bonds is 1. The highest BCUT2D eigenvalue weighted by molar-refractivity contribution is 5.73. The topological polar surface area (TPSA) is 44.4 Å². The first-order valence-electron chi connectivity index (χ1n) is 6.67. The molecule has 2 heterocycles. The summed E-state index contributed by atoms with van der Waals surface area (Å²) >= 11 is 0. The summed E-state index contributed by atoms with van der Waals surface area (Å²) in [5, 5.41) is 0. The lowest BCUT2D eigenvalue weighted by molar-refractivity contribution is -0.130. The molecule has 1 aromatic carbocycles. The quantitative estimate of drug-likeness (QED) is 0.800. The molecule has 2 aliphatic heterocycles. The molecule has 1 aromatic rings. The molecule has 2 N–H and O–H groups in total. The van der Waals surface area contributed by atoms with Gasteiger partial charge in [0.25, 0.3) is 0 Å². The summed E-state index contributed by atoms with van der Waals surface area (Å²) in [5.74, 6) is 0.242. The predicted octanol–water partition coefficient (Wildman–Crippen LogP) is 1.21. The van der Waals surface area contributed by atoms with Gasteiger partial charge in [0.1, 0.15) is 5.82 Å². The van der Waals surface area contributed by atoms with Gasteiger partial charge in [-0.25, -0.2) is 9.82 Å². The fourth-order valence-electron chi connectivity index (χ4n) is 3.09. The molecule has 0 spiro atoms. The minimum atomic E-state index is -0.222. The van der Waals surface area contributed by atoms with E-state index < -0.39 is 0 Å². The zero-order valence-electron chi connectivity index (χ0n) is 10.9. The number of likely N-dealkylation sites (tertiary alicyclic amines) is 1. The van der Waals surface area contributed by atoms with E-state index in [4.69, 9.17) is 0 Å². The first kappa shape index (κ1) is 12.6. The van der Waals surface area contributed by atoms with Crippen LogP contribution in [-0.4, -0.2) is 29.9 Å². The first-order chi connectivity index (χ1) is 9.15. The molecule has 102 valence electrons. The Bertz CT molecular complexity index is 476. The standard InChI is InChI=1S/C14H18FN3O/c1-9(19)18-7-6-13-12(8-18)14(17-16-13)10-2-4-11(15)5-3-10/h2-5,12-14,16-17H,6-8H2,1H3. The van der Waals surface area contributed by atoms with E-state index in [2.05, 4.69) is 10.9 Å². The molecule has 4 nitrogen and oxygen atoms in total. The molecule has 19 heavy (non-hydrogen) atoms. The third-order valence-electron chi connectivity index (χ3n) is 4.18. The number of benzene rings is 1. The lowest BCUT2D eigenvalue weighted by Crippen LogP contribution is -2.47. The van der Waals surface area contributed by atoms with Gasteiger partial charge in [-0.1, -0.05) is 12.1 Å². The Morgan fingerprint density at radius 3 is 2.74 bits per heavy atom. The number of hydrogen-bond acceptors (Lipinski definition) is 3. The van der Waals surface area contributed by atoms with Crippen LogP contribution in [-0.2, 0) is 4.79 Å². The van der Waals surface area contributed by atoms with Crippen molar-refractivity contribution in [3.05, 3.63) is 35.6 Å². The number of hydrazine groups is 1. The van der Waals surface area contributed by atoms with Crippen molar-refractivity contribution in [3.63, 3.8) is 0 Å². The largest absolute Gasteiger partial charge is 0.342 e. The van der Waals surface area contributed by atoms with Gasteiger partial charge in [0.2, 0.25) is 5.91 Å². The smallest absolute Gasteiger partial charge is 0.219 e. The minimum Gasteiger partial charge on any atom is -0.342 e. The summed E-state index contributed by atoms with van der Waals surface area (Å²) in [5.41, 5.74) is 7.64. The molecule has 5 heteroatoms. The molecule has 3 rings (SSSR count). The molecule has 0 saturated carbocycles. The highest BCUT2D eigenvalue weighted by Crippen LogP contribution is 2.33. The van der Waals surface area contributed by atoms with Gasteiger partial charge in [0.15, 0.2) is 0 Å². The van der Waals surface area contributed by atoms with Gasteiger partial charge in [-0.05, 0) is 24.1 Å². The van der Waals surface area contributed by atoms with E-state index in [1.807, 2.05) is 17.0 Å². The van der Waals surface area contributed by atoms with Gasteiger partial charge in [-0.3, -0.25) is 10.2 Å². The Balaban J connectivity index is 1.80. The van der Waals surface area contributed by atoms with Gasteiger partial charge in [-0.2, -0.15) is 0 Å². The van der Waals surface area contributed by atoms with Gasteiger partial charge < -0.3 is 4.90 Å². The second-order valence-corrected chi connectivity index (χ2v) is 5.34. The molecule has 0 aromatic heterocycles. The molecular weight excluding hydrogens is 245 g/mol. The third-order valence-corrected chi connectivity index (χ3v) is 4.18. The van der Waals surface area contributed by atoms with Crippen LogP contribution in [0.5, 0.6) is 0 Å². The molecule has 3 atom stereocenters. The molecule has 2 fully saturated rings. The summed E-state index contributed by atoms with van der Waals surface area (Å²) in [6.45, 7) is 3.17. The van der Waals surface area contributed by atoms with Crippen LogP contribution in [0.15, 0.2) is 24.3 Å². The second-order valence-electron chi connectivity index (χ2n) is 5.34. The molecule has 2 saturated heterocycles. The SMILES string of the molecule is CC(=O)N1CCC2NNC(c3ccc(F)cc3)C2C1. The molecule has 0 aliphatic carbocycles. The minimum absolute atomic E-state index is 0.128. The fourth-order valence-corrected chi connectivity index (χ4v) is 3.09. The Labute approximate surface area is 111 Å². The van der Waals surface area contributed by atoms with E-state index in [0.717, 1.165) is 25.1 Å². The van der Waals surface area contributed by atoms with Gasteiger partial charge in [0, 0.05) is 32.0 Å². The highest BCUT2D eigenvalue weighted by atomic mass is 19.1. The molecular formula is C14H18FN3O. The maximum atomic E-state index is 13.0. The highest BCUT2D eigenvalue weighted by Gasteiger charge is 2.40. The van der Waals surface area contributed by atoms with E-state index in [0.29, 0.717) is 12.0 Å². The van der Waals surface area contributed by atoms with Crippen LogP contribution in [0.1, 0.15) is 24.9 Å². The van der Waals surface area contributed by atoms with Crippen molar-refractivity contribution in [2.45, 2.75) is 25.4 Å². The monoisotopic (exact) mass is 263 g/mol. The van der Waals surface area contributed by atoms with Crippen molar-refractivity contribution in [1.29, 1.82) is 0 Å². The van der Waals surface area contributed by atoms with E-state index >= 15 is 0 Å². The number of amides is 1. The zero-order chi connectivity index (χ0) is 13.4. The number of halogens is 1. The van der Waals surface area contributed by atoms with Gasteiger partial charge in [0.05, 0.1) is 6.04 Å². The molecule has 0 bridgehead atoms. The van der Waals surface area contributed by atoms with Crippen LogP contribution in [0.25, 0.3) is 0 Å². The van der Waals surface area contributed by atoms with E-state index in [1.165, 1.54) is 12.1 Å². The summed E-state index contributed by atoms with van der Waals surface area (Å²) in [7, 11) is 0. The predicted molar refractivity (Wildman–Crippen MR) is 69.6 cm³/mol. The fraction of sp³-hybridized carbons (Fsp3) is 0.500. The molecule has 1 amide bonds. The third kappa shape index (κ3) is 2.35. The summed E-state index contributed by atoms with van der Waals surface area (Å²) in [4.78, 5) is 13.4. The summed E-state index contributed by atoms with van der Waals surface area (Å²) < 4.78 is 13.0. The van der Waals surface area contributed by atoms with Crippen LogP contribution >= 0.6 is 0 Å². The van der Waals surface area contributed by atoms with E-state index in [1.54, 1.807) is 6.92 Å². The van der Waals surface area contributed by atoms with Crippen LogP contribution in [0.3, 0.4) is 0 Å². The number of carbonyl (C=O) groups excluding carboxylic acids is 1. The second kappa shape index (κ2) is 4.90. The Hall–Kier alpha value is -1.46. The lowest BCUT2D eigenvalue weighted by Gasteiger charge is -2.35. The number of fused-ring (bicyclic) bond motifs is 1. The summed E-state index contributed by atoms with van der Waals surface area (Å²) in [6, 6.07) is 7.10. The van der Waals surface area contributed by atoms with Crippen LogP contribution < -0.4 is 10.9 Å². The normalized spacial score (nSPS) is 30.2. The van der Waals surface area contributed by atoms with Crippen molar-refractivity contribution < 1.29 is 9.18 Å². The molecule has 0 radical (unpaired) electrons. The van der Waals surface area contributed by atoms with Crippen molar-refractivity contribution in [1.82, 2.24) is 15.8 Å². The van der Waals surface area contributed by atoms with Crippen LogP contribution in [0, 0.1) is 11.7 Å². The van der Waals surface area contributed by atoms with Crippen LogP contribution in [0.4, 0.5) is 4.39 Å². The average Bonchev–Trinajstić information content (AvgIpc) is 2.82. The Morgan fingerprint density at radius 1 is 1.32 bits per heavy atom. The summed E-state index contributed by atoms with van der Waals surface area (Å²) in [6.07, 6.45) is 0.953. The molecule has 3 unspecified atom stereocenters. The average molecular weight is 263 g/mol. The van der Waals surface area contributed by atoms with Crippen molar-refractivity contribution >= 4 is 5.91 Å². The lowest BCUT2D eigenvalue weighted by atomic mass is 9.85. The Morgan fingerprint density at radius 2 is 2.05 bits per heavy atom. The maximum absolute atomic E-state index is 13.0. The van der Waals surface area contributed by atoms with Gasteiger partial charge in [-0.15, -0.1) is 0 Å². The van der Waals surface area contributed by atoms with E-state index in [9.17, 15) is 9.18 Å². The van der Waals surface area contributed by atoms with Gasteiger partial charge >= 0.3 is 0 Å². The number of piperidine rings is 1. The van der Waals surface area contributed by atoms with Crippen molar-refractivity contribution in [2.75, 3.05) is 13.1 Å². The number of nitrogens with zero attached hydrogens (tertiary/aromatic N) is 1. The zero-order valence-corrected chi connectivity index (χ0v) is 10.9. The van der Waals surface area contributed by atoms with E-state index in [-0.39, 0.29) is 17.8 Å². The first-order valence-corrected chi connectivity index (χ1v) is 6.67. The van der Waals surface area contributed by atoms with Crippen LogP contribution in [0.2, 0.25) is 0 Å². The maximum Gasteiger partial charge on any atom is 0.219 e. The number of carbonyl (C=O) groups is 1. The van der Waals surface area contributed by atoms with Crippen molar-refractivity contribution in [3.8, 4) is 0 Å². The number of hydrogen-bond donors (Lipinski definition) is 2. The molecule has 2 aliphatic rings. The Kier molecular flexibility index (Phi) is 3.24. The number of nitrogens with one attached hydrogen (secondary N) is 2. The van der Waals surface area contributed by atoms with Crippen molar-refractivity contribution in [2.24, 2.45) is 5.92 Å².